The van der Waals surface area contributed by atoms with E-state index in [4.69, 9.17) is 0 Å². The monoisotopic (exact) mass is 365 g/mol. The van der Waals surface area contributed by atoms with Crippen molar-refractivity contribution >= 4 is 11.7 Å². The third kappa shape index (κ3) is 5.39. The van der Waals surface area contributed by atoms with Gasteiger partial charge in [0.05, 0.1) is 0 Å². The van der Waals surface area contributed by atoms with Crippen molar-refractivity contribution in [2.45, 2.75) is 45.6 Å². The maximum Gasteiger partial charge on any atom is 0.228 e. The molecule has 2 aromatic rings. The summed E-state index contributed by atoms with van der Waals surface area (Å²) in [6.45, 7) is 7.18. The lowest BCUT2D eigenvalue weighted by atomic mass is 9.90. The van der Waals surface area contributed by atoms with Crippen LogP contribution in [0.5, 0.6) is 0 Å². The third-order valence-electron chi connectivity index (χ3n) is 5.50. The van der Waals surface area contributed by atoms with Crippen LogP contribution < -0.4 is 4.90 Å². The second-order valence-corrected chi connectivity index (χ2v) is 7.59. The number of piperidine rings is 1. The van der Waals surface area contributed by atoms with Crippen molar-refractivity contribution in [1.82, 2.24) is 9.88 Å². The van der Waals surface area contributed by atoms with Gasteiger partial charge in [-0.05, 0) is 62.9 Å². The van der Waals surface area contributed by atoms with Gasteiger partial charge < -0.3 is 4.90 Å². The quantitative estimate of drug-likeness (QED) is 0.739. The van der Waals surface area contributed by atoms with Crippen LogP contribution in [0.15, 0.2) is 54.7 Å². The molecule has 2 heterocycles. The number of anilines is 1. The molecule has 1 aliphatic rings. The summed E-state index contributed by atoms with van der Waals surface area (Å²) in [7, 11) is 0. The van der Waals surface area contributed by atoms with Crippen molar-refractivity contribution in [3.05, 3.63) is 60.3 Å². The average Bonchev–Trinajstić information content (AvgIpc) is 2.71. The molecule has 144 valence electrons. The van der Waals surface area contributed by atoms with Gasteiger partial charge in [-0.25, -0.2) is 4.98 Å². The number of nitrogens with zero attached hydrogens (tertiary/aromatic N) is 3. The highest BCUT2D eigenvalue weighted by molar-refractivity contribution is 5.92. The van der Waals surface area contributed by atoms with E-state index in [2.05, 4.69) is 47.1 Å². The minimum absolute atomic E-state index is 0.123. The molecule has 0 N–H and O–H groups in total. The Kier molecular flexibility index (Phi) is 6.99. The lowest BCUT2D eigenvalue weighted by Crippen LogP contribution is -2.47. The van der Waals surface area contributed by atoms with Crippen LogP contribution in [0.2, 0.25) is 0 Å². The Bertz CT molecular complexity index is 696. The van der Waals surface area contributed by atoms with Crippen LogP contribution >= 0.6 is 0 Å². The standard InChI is InChI=1S/C23H31N3O/c1-3-23(27)26(22-11-7-8-14-24-22)19(2)18-25-15-12-21(13-16-25)17-20-9-5-4-6-10-20/h4-11,14,19,21H,3,12-13,15-18H2,1-2H3. The van der Waals surface area contributed by atoms with Crippen LogP contribution in [0.4, 0.5) is 5.82 Å². The van der Waals surface area contributed by atoms with Crippen molar-refractivity contribution in [1.29, 1.82) is 0 Å². The third-order valence-corrected chi connectivity index (χ3v) is 5.50. The van der Waals surface area contributed by atoms with Crippen LogP contribution in [0.1, 0.15) is 38.7 Å². The van der Waals surface area contributed by atoms with E-state index in [1.54, 1.807) is 6.20 Å². The molecular formula is C23H31N3O. The molecule has 1 fully saturated rings. The van der Waals surface area contributed by atoms with E-state index in [0.29, 0.717) is 6.42 Å². The molecule has 3 rings (SSSR count). The van der Waals surface area contributed by atoms with Gasteiger partial charge in [-0.1, -0.05) is 43.3 Å². The first-order valence-electron chi connectivity index (χ1n) is 10.2. The summed E-state index contributed by atoms with van der Waals surface area (Å²) in [6, 6.07) is 16.7. The number of hydrogen-bond acceptors (Lipinski definition) is 3. The fraction of sp³-hybridized carbons (Fsp3) is 0.478. The zero-order chi connectivity index (χ0) is 19.1. The van der Waals surface area contributed by atoms with Crippen LogP contribution in [0, 0.1) is 5.92 Å². The Labute approximate surface area is 163 Å². The van der Waals surface area contributed by atoms with Gasteiger partial charge >= 0.3 is 0 Å². The molecule has 0 bridgehead atoms. The van der Waals surface area contributed by atoms with Gasteiger partial charge in [0, 0.05) is 25.2 Å². The molecule has 1 amide bonds. The summed E-state index contributed by atoms with van der Waals surface area (Å²) < 4.78 is 0. The maximum absolute atomic E-state index is 12.5. The van der Waals surface area contributed by atoms with E-state index in [1.807, 2.05) is 30.0 Å². The van der Waals surface area contributed by atoms with E-state index in [1.165, 1.54) is 24.8 Å². The SMILES string of the molecule is CCC(=O)N(c1ccccn1)C(C)CN1CCC(Cc2ccccc2)CC1. The van der Waals surface area contributed by atoms with Gasteiger partial charge in [0.15, 0.2) is 0 Å². The summed E-state index contributed by atoms with van der Waals surface area (Å²) in [5, 5.41) is 0. The highest BCUT2D eigenvalue weighted by Crippen LogP contribution is 2.23. The van der Waals surface area contributed by atoms with E-state index in [-0.39, 0.29) is 11.9 Å². The second kappa shape index (κ2) is 9.65. The molecule has 4 heteroatoms. The van der Waals surface area contributed by atoms with Crippen LogP contribution in [0.25, 0.3) is 0 Å². The number of pyridine rings is 1. The lowest BCUT2D eigenvalue weighted by molar-refractivity contribution is -0.118. The Morgan fingerprint density at radius 1 is 1.15 bits per heavy atom. The Morgan fingerprint density at radius 3 is 2.48 bits per heavy atom. The number of likely N-dealkylation sites (tertiary alicyclic amines) is 1. The van der Waals surface area contributed by atoms with E-state index < -0.39 is 0 Å². The summed E-state index contributed by atoms with van der Waals surface area (Å²) >= 11 is 0. The normalized spacial score (nSPS) is 16.8. The number of carbonyl (C=O) groups excluding carboxylic acids is 1. The number of hydrogen-bond donors (Lipinski definition) is 0. The molecule has 0 spiro atoms. The fourth-order valence-electron chi connectivity index (χ4n) is 4.04. The molecule has 0 aliphatic carbocycles. The fourth-order valence-corrected chi connectivity index (χ4v) is 4.04. The largest absolute Gasteiger partial charge is 0.301 e. The average molecular weight is 366 g/mol. The Hall–Kier alpha value is -2.20. The molecule has 1 aliphatic heterocycles. The summed E-state index contributed by atoms with van der Waals surface area (Å²) in [5.74, 6) is 1.67. The van der Waals surface area contributed by atoms with Crippen molar-refractivity contribution in [2.75, 3.05) is 24.5 Å². The first-order chi connectivity index (χ1) is 13.2. The first kappa shape index (κ1) is 19.6. The number of carbonyl (C=O) groups is 1. The maximum atomic E-state index is 12.5. The molecule has 1 saturated heterocycles. The molecule has 1 aromatic carbocycles. The highest BCUT2D eigenvalue weighted by atomic mass is 16.2. The molecule has 1 atom stereocenters. The minimum atomic E-state index is 0.123. The van der Waals surface area contributed by atoms with Crippen LogP contribution in [-0.4, -0.2) is 41.5 Å². The van der Waals surface area contributed by atoms with Crippen molar-refractivity contribution in [3.63, 3.8) is 0 Å². The molecular weight excluding hydrogens is 334 g/mol. The topological polar surface area (TPSA) is 36.4 Å². The van der Waals surface area contributed by atoms with E-state index in [9.17, 15) is 4.79 Å². The van der Waals surface area contributed by atoms with E-state index >= 15 is 0 Å². The lowest BCUT2D eigenvalue weighted by Gasteiger charge is -2.36. The second-order valence-electron chi connectivity index (χ2n) is 7.59. The molecule has 4 nitrogen and oxygen atoms in total. The molecule has 27 heavy (non-hydrogen) atoms. The van der Waals surface area contributed by atoms with Gasteiger partial charge in [-0.2, -0.15) is 0 Å². The summed E-state index contributed by atoms with van der Waals surface area (Å²) in [6.07, 6.45) is 5.89. The minimum Gasteiger partial charge on any atom is -0.301 e. The zero-order valence-electron chi connectivity index (χ0n) is 16.6. The van der Waals surface area contributed by atoms with Crippen molar-refractivity contribution in [2.24, 2.45) is 5.92 Å². The first-order valence-corrected chi connectivity index (χ1v) is 10.2. The van der Waals surface area contributed by atoms with Crippen molar-refractivity contribution < 1.29 is 4.79 Å². The molecule has 1 unspecified atom stereocenters. The van der Waals surface area contributed by atoms with Crippen LogP contribution in [-0.2, 0) is 11.2 Å². The summed E-state index contributed by atoms with van der Waals surface area (Å²) in [5.41, 5.74) is 1.44. The Morgan fingerprint density at radius 2 is 1.85 bits per heavy atom. The number of amides is 1. The van der Waals surface area contributed by atoms with Gasteiger partial charge in [-0.3, -0.25) is 9.69 Å². The van der Waals surface area contributed by atoms with Gasteiger partial charge in [0.2, 0.25) is 5.91 Å². The van der Waals surface area contributed by atoms with Gasteiger partial charge in [0.1, 0.15) is 5.82 Å². The zero-order valence-corrected chi connectivity index (χ0v) is 16.6. The summed E-state index contributed by atoms with van der Waals surface area (Å²) in [4.78, 5) is 21.3. The molecule has 0 radical (unpaired) electrons. The van der Waals surface area contributed by atoms with E-state index in [0.717, 1.165) is 31.4 Å². The number of rotatable bonds is 7. The Balaban J connectivity index is 1.54. The molecule has 0 saturated carbocycles. The number of benzene rings is 1. The predicted molar refractivity (Wildman–Crippen MR) is 111 cm³/mol. The molecule has 1 aromatic heterocycles. The predicted octanol–water partition coefficient (Wildman–Crippen LogP) is 4.17. The number of aromatic nitrogens is 1. The van der Waals surface area contributed by atoms with Gasteiger partial charge in [0.25, 0.3) is 0 Å². The smallest absolute Gasteiger partial charge is 0.228 e. The highest BCUT2D eigenvalue weighted by Gasteiger charge is 2.26. The van der Waals surface area contributed by atoms with Crippen molar-refractivity contribution in [3.8, 4) is 0 Å². The van der Waals surface area contributed by atoms with Gasteiger partial charge in [-0.15, -0.1) is 0 Å². The van der Waals surface area contributed by atoms with Crippen LogP contribution in [0.3, 0.4) is 0 Å².